The first-order chi connectivity index (χ1) is 25.6. The monoisotopic (exact) mass is 733 g/mol. The zero-order valence-electron chi connectivity index (χ0n) is 32.7. The predicted molar refractivity (Wildman–Crippen MR) is 206 cm³/mol. The molecule has 1 aromatic rings. The number of nitrogens with one attached hydrogen (secondary N) is 2. The van der Waals surface area contributed by atoms with Gasteiger partial charge in [-0.3, -0.25) is 19.2 Å². The molecule has 0 amide bonds. The molecule has 2 N–H and O–H groups in total. The Labute approximate surface area is 316 Å². The molecule has 292 valence electrons. The maximum Gasteiger partial charge on any atom is 0.231 e. The molecule has 6 fully saturated rings. The Balaban J connectivity index is 1.19. The summed E-state index contributed by atoms with van der Waals surface area (Å²) in [4.78, 5) is 77.6. The van der Waals surface area contributed by atoms with Crippen molar-refractivity contribution in [3.8, 4) is 0 Å². The maximum atomic E-state index is 14.1. The first kappa shape index (κ1) is 38.3. The van der Waals surface area contributed by atoms with E-state index in [0.29, 0.717) is 29.4 Å². The van der Waals surface area contributed by atoms with Crippen LogP contribution in [0.4, 0.5) is 17.8 Å². The van der Waals surface area contributed by atoms with Crippen molar-refractivity contribution in [3.05, 3.63) is 0 Å². The van der Waals surface area contributed by atoms with E-state index >= 15 is 0 Å². The summed E-state index contributed by atoms with van der Waals surface area (Å²) in [6, 6.07) is -0.459. The lowest BCUT2D eigenvalue weighted by molar-refractivity contribution is -0.151. The minimum absolute atomic E-state index is 0.105. The second-order valence-electron chi connectivity index (χ2n) is 17.8. The van der Waals surface area contributed by atoms with Gasteiger partial charge in [0.1, 0.15) is 23.1 Å². The number of carbonyl (C=O) groups is 4. The standard InChI is InChI=1S/C41H64N8O4/c1-47(2)21-11-23-49(24-12-22-48(3)4)41-45-39(42-31-19-9-17-29-33(31)37(52)27-15-7-5-13-25(27)35(29)50)44-40(46-41)43-32-20-10-18-30-34(32)38(53)28-16-8-6-14-26(28)36(30)51/h25-34H,5-24H2,1-4H3,(H2,42,43,44,45,46). The third-order valence-corrected chi connectivity index (χ3v) is 13.8. The van der Waals surface area contributed by atoms with E-state index in [-0.39, 0.29) is 71.0 Å². The summed E-state index contributed by atoms with van der Waals surface area (Å²) in [5, 5.41) is 7.24. The Kier molecular flexibility index (Phi) is 12.1. The molecule has 10 atom stereocenters. The topological polar surface area (TPSA) is 141 Å². The SMILES string of the molecule is CN(C)CCCN(CCCN(C)C)c1nc(NC2CCCC3C(=O)C4CCCCC4C(=O)C23)nc(NC2CCCC3C(=O)C4CCCCC4C(=O)C23)n1. The van der Waals surface area contributed by atoms with Gasteiger partial charge in [-0.15, -0.1) is 0 Å². The van der Waals surface area contributed by atoms with Crippen LogP contribution in [-0.2, 0) is 19.2 Å². The summed E-state index contributed by atoms with van der Waals surface area (Å²) in [5.74, 6) is 0.771. The molecule has 0 aliphatic heterocycles. The molecule has 0 saturated heterocycles. The molecule has 0 spiro atoms. The molecule has 0 aromatic carbocycles. The van der Waals surface area contributed by atoms with Gasteiger partial charge in [0, 0.05) is 72.5 Å². The normalized spacial score (nSPS) is 34.3. The maximum absolute atomic E-state index is 14.1. The molecule has 12 nitrogen and oxygen atoms in total. The van der Waals surface area contributed by atoms with Gasteiger partial charge in [0.15, 0.2) is 0 Å². The van der Waals surface area contributed by atoms with Crippen molar-refractivity contribution < 1.29 is 19.2 Å². The summed E-state index contributed by atoms with van der Waals surface area (Å²) in [6.45, 7) is 3.39. The van der Waals surface area contributed by atoms with E-state index in [0.717, 1.165) is 129 Å². The number of Topliss-reactive ketones (excluding diaryl/α,β-unsaturated/α-hetero) is 4. The van der Waals surface area contributed by atoms with Crippen LogP contribution < -0.4 is 15.5 Å². The predicted octanol–water partition coefficient (Wildman–Crippen LogP) is 4.89. The number of rotatable bonds is 13. The molecule has 1 heterocycles. The van der Waals surface area contributed by atoms with Crippen LogP contribution in [0.15, 0.2) is 0 Å². The van der Waals surface area contributed by atoms with Crippen LogP contribution in [0.25, 0.3) is 0 Å². The number of hydrogen-bond acceptors (Lipinski definition) is 12. The van der Waals surface area contributed by atoms with Crippen molar-refractivity contribution in [3.63, 3.8) is 0 Å². The molecular weight excluding hydrogens is 669 g/mol. The zero-order chi connectivity index (χ0) is 37.2. The molecular formula is C41H64N8O4. The first-order valence-electron chi connectivity index (χ1n) is 21.1. The number of fused-ring (bicyclic) bond motifs is 4. The fourth-order valence-corrected chi connectivity index (χ4v) is 11.3. The van der Waals surface area contributed by atoms with Crippen molar-refractivity contribution in [2.24, 2.45) is 47.3 Å². The van der Waals surface area contributed by atoms with Crippen LogP contribution in [0.5, 0.6) is 0 Å². The van der Waals surface area contributed by atoms with E-state index < -0.39 is 0 Å². The van der Waals surface area contributed by atoms with E-state index in [4.69, 9.17) is 15.0 Å². The number of hydrogen-bond donors (Lipinski definition) is 2. The van der Waals surface area contributed by atoms with E-state index in [1.54, 1.807) is 0 Å². The average Bonchev–Trinajstić information content (AvgIpc) is 3.15. The van der Waals surface area contributed by atoms with Gasteiger partial charge >= 0.3 is 0 Å². The van der Waals surface area contributed by atoms with Gasteiger partial charge in [0.2, 0.25) is 17.8 Å². The highest BCUT2D eigenvalue weighted by molar-refractivity contribution is 6.01. The average molecular weight is 733 g/mol. The summed E-state index contributed by atoms with van der Waals surface area (Å²) in [7, 11) is 8.32. The molecule has 0 bridgehead atoms. The lowest BCUT2D eigenvalue weighted by Crippen LogP contribution is -2.56. The van der Waals surface area contributed by atoms with Crippen LogP contribution in [0.2, 0.25) is 0 Å². The van der Waals surface area contributed by atoms with Crippen molar-refractivity contribution >= 4 is 41.0 Å². The highest BCUT2D eigenvalue weighted by Crippen LogP contribution is 2.48. The largest absolute Gasteiger partial charge is 0.351 e. The smallest absolute Gasteiger partial charge is 0.231 e. The van der Waals surface area contributed by atoms with Crippen molar-refractivity contribution in [2.45, 2.75) is 115 Å². The van der Waals surface area contributed by atoms with Gasteiger partial charge in [-0.2, -0.15) is 15.0 Å². The Bertz CT molecular complexity index is 1400. The Morgan fingerprint density at radius 2 is 0.849 bits per heavy atom. The van der Waals surface area contributed by atoms with Gasteiger partial charge in [0.05, 0.1) is 0 Å². The highest BCUT2D eigenvalue weighted by Gasteiger charge is 2.55. The third-order valence-electron chi connectivity index (χ3n) is 13.8. The first-order valence-corrected chi connectivity index (χ1v) is 21.1. The summed E-state index contributed by atoms with van der Waals surface area (Å²) in [6.07, 6.45) is 14.1. The molecule has 53 heavy (non-hydrogen) atoms. The van der Waals surface area contributed by atoms with Crippen molar-refractivity contribution in [2.75, 3.05) is 69.9 Å². The molecule has 7 rings (SSSR count). The minimum atomic E-state index is -0.364. The van der Waals surface area contributed by atoms with Gasteiger partial charge in [-0.1, -0.05) is 38.5 Å². The zero-order valence-corrected chi connectivity index (χ0v) is 32.7. The summed E-state index contributed by atoms with van der Waals surface area (Å²) in [5.41, 5.74) is 0. The quantitative estimate of drug-likeness (QED) is 0.285. The third kappa shape index (κ3) is 8.19. The van der Waals surface area contributed by atoms with Crippen molar-refractivity contribution in [1.29, 1.82) is 0 Å². The molecule has 12 heteroatoms. The number of carbonyl (C=O) groups excluding carboxylic acids is 4. The summed E-state index contributed by atoms with van der Waals surface area (Å²) < 4.78 is 0. The molecule has 1 aromatic heterocycles. The number of aromatic nitrogens is 3. The second-order valence-corrected chi connectivity index (χ2v) is 17.8. The second kappa shape index (κ2) is 16.8. The fraction of sp³-hybridized carbons (Fsp3) is 0.829. The van der Waals surface area contributed by atoms with Crippen LogP contribution in [0.3, 0.4) is 0 Å². The van der Waals surface area contributed by atoms with Crippen LogP contribution in [0, 0.1) is 47.3 Å². The van der Waals surface area contributed by atoms with E-state index in [1.165, 1.54) is 0 Å². The molecule has 6 saturated carbocycles. The van der Waals surface area contributed by atoms with E-state index in [2.05, 4.69) is 53.5 Å². The fourth-order valence-electron chi connectivity index (χ4n) is 11.3. The molecule has 6 aliphatic carbocycles. The number of anilines is 3. The van der Waals surface area contributed by atoms with Crippen LogP contribution in [-0.4, -0.2) is 114 Å². The molecule has 10 unspecified atom stereocenters. The summed E-state index contributed by atoms with van der Waals surface area (Å²) >= 11 is 0. The lowest BCUT2D eigenvalue weighted by atomic mass is 9.57. The van der Waals surface area contributed by atoms with Gasteiger partial charge < -0.3 is 25.3 Å². The molecule has 0 radical (unpaired) electrons. The van der Waals surface area contributed by atoms with Gasteiger partial charge in [-0.05, 0) is 105 Å². The van der Waals surface area contributed by atoms with Crippen LogP contribution >= 0.6 is 0 Å². The van der Waals surface area contributed by atoms with Gasteiger partial charge in [0.25, 0.3) is 0 Å². The van der Waals surface area contributed by atoms with Gasteiger partial charge in [-0.25, -0.2) is 0 Å². The van der Waals surface area contributed by atoms with E-state index in [1.807, 2.05) is 0 Å². The van der Waals surface area contributed by atoms with E-state index in [9.17, 15) is 19.2 Å². The Morgan fingerprint density at radius 3 is 1.25 bits per heavy atom. The van der Waals surface area contributed by atoms with Crippen molar-refractivity contribution in [1.82, 2.24) is 24.8 Å². The highest BCUT2D eigenvalue weighted by atomic mass is 16.2. The molecule has 6 aliphatic rings. The minimum Gasteiger partial charge on any atom is -0.351 e. The van der Waals surface area contributed by atoms with Crippen LogP contribution in [0.1, 0.15) is 103 Å². The number of nitrogens with zero attached hydrogens (tertiary/aromatic N) is 6. The number of ketones is 4. The Morgan fingerprint density at radius 1 is 0.472 bits per heavy atom. The Hall–Kier alpha value is -2.99. The lowest BCUT2D eigenvalue weighted by Gasteiger charge is -2.46.